The van der Waals surface area contributed by atoms with Crippen LogP contribution in [0.1, 0.15) is 10.4 Å². The summed E-state index contributed by atoms with van der Waals surface area (Å²) in [5.41, 5.74) is -0.477. The molecule has 0 saturated carbocycles. The summed E-state index contributed by atoms with van der Waals surface area (Å²) in [5.74, 6) is 0.195. The van der Waals surface area contributed by atoms with Crippen LogP contribution in [0, 0.1) is 5.82 Å². The lowest BCUT2D eigenvalue weighted by atomic mass is 10.1. The van der Waals surface area contributed by atoms with E-state index in [1.807, 2.05) is 35.2 Å². The molecule has 1 saturated heterocycles. The number of benzene rings is 2. The second-order valence-electron chi connectivity index (χ2n) is 8.37. The summed E-state index contributed by atoms with van der Waals surface area (Å²) < 4.78 is 20.1. The molecule has 3 heterocycles. The zero-order valence-electron chi connectivity index (χ0n) is 19.9. The van der Waals surface area contributed by atoms with Gasteiger partial charge >= 0.3 is 5.69 Å². The zero-order valence-corrected chi connectivity index (χ0v) is 19.9. The van der Waals surface area contributed by atoms with Crippen LogP contribution in [-0.4, -0.2) is 63.6 Å². The van der Waals surface area contributed by atoms with Crippen LogP contribution in [0.2, 0.25) is 0 Å². The number of anilines is 1. The van der Waals surface area contributed by atoms with Crippen molar-refractivity contribution in [3.05, 3.63) is 99.3 Å². The van der Waals surface area contributed by atoms with Gasteiger partial charge in [-0.05, 0) is 36.4 Å². The van der Waals surface area contributed by atoms with E-state index in [4.69, 9.17) is 4.74 Å². The number of aromatic amines is 1. The molecule has 2 aromatic heterocycles. The van der Waals surface area contributed by atoms with Crippen molar-refractivity contribution < 1.29 is 13.9 Å². The molecular formula is C26H23FN6O4. The molecule has 1 amide bonds. The fourth-order valence-corrected chi connectivity index (χ4v) is 4.23. The molecule has 0 spiro atoms. The predicted molar refractivity (Wildman–Crippen MR) is 135 cm³/mol. The van der Waals surface area contributed by atoms with Gasteiger partial charge in [0.1, 0.15) is 29.3 Å². The molecule has 4 aromatic rings. The Labute approximate surface area is 210 Å². The molecule has 1 aliphatic heterocycles. The summed E-state index contributed by atoms with van der Waals surface area (Å²) in [6.45, 7) is 1.63. The second kappa shape index (κ2) is 10.1. The van der Waals surface area contributed by atoms with E-state index in [1.165, 1.54) is 29.4 Å². The van der Waals surface area contributed by atoms with E-state index < -0.39 is 23.0 Å². The molecule has 10 nitrogen and oxygen atoms in total. The predicted octanol–water partition coefficient (Wildman–Crippen LogP) is 2.09. The van der Waals surface area contributed by atoms with Crippen molar-refractivity contribution in [1.29, 1.82) is 0 Å². The van der Waals surface area contributed by atoms with Crippen LogP contribution in [0.25, 0.3) is 16.9 Å². The van der Waals surface area contributed by atoms with Crippen molar-refractivity contribution in [2.75, 3.05) is 38.2 Å². The first kappa shape index (κ1) is 23.9. The molecule has 11 heteroatoms. The lowest BCUT2D eigenvalue weighted by Gasteiger charge is -2.35. The van der Waals surface area contributed by atoms with E-state index in [9.17, 15) is 18.8 Å². The van der Waals surface area contributed by atoms with Gasteiger partial charge in [0.2, 0.25) is 0 Å². The van der Waals surface area contributed by atoms with E-state index in [2.05, 4.69) is 15.0 Å². The molecule has 188 valence electrons. The Kier molecular flexibility index (Phi) is 6.50. The molecule has 0 unspecified atom stereocenters. The van der Waals surface area contributed by atoms with E-state index in [1.54, 1.807) is 7.11 Å². The van der Waals surface area contributed by atoms with E-state index >= 15 is 0 Å². The quantitative estimate of drug-likeness (QED) is 0.445. The average Bonchev–Trinajstić information content (AvgIpc) is 2.94. The zero-order chi connectivity index (χ0) is 25.9. The number of nitrogens with one attached hydrogen (secondary N) is 1. The Hall–Kier alpha value is -4.80. The Balaban J connectivity index is 1.32. The first-order chi connectivity index (χ1) is 18.0. The van der Waals surface area contributed by atoms with Gasteiger partial charge in [0.25, 0.3) is 11.5 Å². The molecule has 37 heavy (non-hydrogen) atoms. The van der Waals surface area contributed by atoms with Gasteiger partial charge < -0.3 is 19.5 Å². The first-order valence-electron chi connectivity index (χ1n) is 11.6. The Morgan fingerprint density at radius 3 is 2.43 bits per heavy atom. The number of nitrogens with zero attached hydrogens (tertiary/aromatic N) is 5. The minimum atomic E-state index is -0.874. The summed E-state index contributed by atoms with van der Waals surface area (Å²) in [6, 6.07) is 14.8. The summed E-state index contributed by atoms with van der Waals surface area (Å²) in [4.78, 5) is 53.2. The molecule has 1 aliphatic rings. The number of para-hydroxylation sites is 1. The fourth-order valence-electron chi connectivity index (χ4n) is 4.23. The van der Waals surface area contributed by atoms with Crippen molar-refractivity contribution in [2.45, 2.75) is 0 Å². The van der Waals surface area contributed by atoms with Crippen molar-refractivity contribution in [2.24, 2.45) is 0 Å². The number of rotatable bonds is 5. The summed E-state index contributed by atoms with van der Waals surface area (Å²) >= 11 is 0. The number of aromatic nitrogens is 4. The SMILES string of the molecule is COc1ccc(-c2cc(N3CCN(C(=O)c4c[nH]c(=O)n(-c5ccccc5F)c4=O)CC3)ncn2)cc1. The average molecular weight is 503 g/mol. The van der Waals surface area contributed by atoms with Crippen LogP contribution in [0.4, 0.5) is 10.2 Å². The van der Waals surface area contributed by atoms with Crippen LogP contribution in [-0.2, 0) is 0 Å². The van der Waals surface area contributed by atoms with E-state index in [-0.39, 0.29) is 11.3 Å². The van der Waals surface area contributed by atoms with Crippen LogP contribution >= 0.6 is 0 Å². The first-order valence-corrected chi connectivity index (χ1v) is 11.6. The molecule has 5 rings (SSSR count). The number of piperazine rings is 1. The fraction of sp³-hybridized carbons (Fsp3) is 0.192. The minimum absolute atomic E-state index is 0.218. The molecule has 0 aliphatic carbocycles. The van der Waals surface area contributed by atoms with Crippen LogP contribution < -0.4 is 20.9 Å². The third-order valence-corrected chi connectivity index (χ3v) is 6.23. The van der Waals surface area contributed by atoms with Gasteiger partial charge in [-0.2, -0.15) is 0 Å². The van der Waals surface area contributed by atoms with Crippen molar-refractivity contribution in [1.82, 2.24) is 24.4 Å². The van der Waals surface area contributed by atoms with Crippen molar-refractivity contribution in [3.63, 3.8) is 0 Å². The molecule has 1 fully saturated rings. The number of ether oxygens (including phenoxy) is 1. The number of H-pyrrole nitrogens is 1. The number of amides is 1. The number of methoxy groups -OCH3 is 1. The summed E-state index contributed by atoms with van der Waals surface area (Å²) in [6.07, 6.45) is 2.58. The summed E-state index contributed by atoms with van der Waals surface area (Å²) in [5, 5.41) is 0. The highest BCUT2D eigenvalue weighted by Gasteiger charge is 2.26. The van der Waals surface area contributed by atoms with E-state index in [0.29, 0.717) is 30.7 Å². The van der Waals surface area contributed by atoms with Crippen molar-refractivity contribution in [3.8, 4) is 22.7 Å². The molecule has 0 bridgehead atoms. The number of halogens is 1. The van der Waals surface area contributed by atoms with Gasteiger partial charge in [-0.3, -0.25) is 9.59 Å². The molecule has 0 radical (unpaired) electrons. The smallest absolute Gasteiger partial charge is 0.333 e. The maximum absolute atomic E-state index is 14.3. The number of hydrogen-bond donors (Lipinski definition) is 1. The highest BCUT2D eigenvalue weighted by molar-refractivity contribution is 5.93. The Bertz CT molecular complexity index is 1560. The van der Waals surface area contributed by atoms with Crippen LogP contribution in [0.3, 0.4) is 0 Å². The molecule has 0 atom stereocenters. The third kappa shape index (κ3) is 4.70. The van der Waals surface area contributed by atoms with Gasteiger partial charge in [0.05, 0.1) is 18.5 Å². The number of carbonyl (C=O) groups excluding carboxylic acids is 1. The van der Waals surface area contributed by atoms with E-state index in [0.717, 1.165) is 35.1 Å². The highest BCUT2D eigenvalue weighted by Crippen LogP contribution is 2.24. The topological polar surface area (TPSA) is 113 Å². The molecule has 1 N–H and O–H groups in total. The summed E-state index contributed by atoms with van der Waals surface area (Å²) in [7, 11) is 1.61. The third-order valence-electron chi connectivity index (χ3n) is 6.23. The Morgan fingerprint density at radius 1 is 1.00 bits per heavy atom. The largest absolute Gasteiger partial charge is 0.497 e. The monoisotopic (exact) mass is 502 g/mol. The molecular weight excluding hydrogens is 479 g/mol. The van der Waals surface area contributed by atoms with Gasteiger partial charge in [-0.25, -0.2) is 23.7 Å². The standard InChI is InChI=1S/C26H23FN6O4/c1-37-18-8-6-17(7-9-18)21-14-23(30-16-29-21)31-10-12-32(13-11-31)24(34)19-15-28-26(36)33(25(19)35)22-5-3-2-4-20(22)27/h2-9,14-16H,10-13H2,1H3,(H,28,36). The normalized spacial score (nSPS) is 13.5. The highest BCUT2D eigenvalue weighted by atomic mass is 19.1. The second-order valence-corrected chi connectivity index (χ2v) is 8.37. The van der Waals surface area contributed by atoms with Gasteiger partial charge in [0.15, 0.2) is 0 Å². The van der Waals surface area contributed by atoms with Gasteiger partial charge in [-0.1, -0.05) is 12.1 Å². The number of hydrogen-bond acceptors (Lipinski definition) is 7. The van der Waals surface area contributed by atoms with Crippen LogP contribution in [0.15, 0.2) is 76.7 Å². The maximum atomic E-state index is 14.3. The minimum Gasteiger partial charge on any atom is -0.497 e. The van der Waals surface area contributed by atoms with Gasteiger partial charge in [-0.15, -0.1) is 0 Å². The lowest BCUT2D eigenvalue weighted by Crippen LogP contribution is -2.50. The van der Waals surface area contributed by atoms with Gasteiger partial charge in [0, 0.05) is 44.0 Å². The maximum Gasteiger partial charge on any atom is 0.333 e. The van der Waals surface area contributed by atoms with Crippen LogP contribution in [0.5, 0.6) is 5.75 Å². The van der Waals surface area contributed by atoms with Crippen molar-refractivity contribution >= 4 is 11.7 Å². The molecule has 2 aromatic carbocycles. The lowest BCUT2D eigenvalue weighted by molar-refractivity contribution is 0.0743. The Morgan fingerprint density at radius 2 is 1.73 bits per heavy atom. The number of carbonyl (C=O) groups is 1.